The number of rotatable bonds is 5. The van der Waals surface area contributed by atoms with Gasteiger partial charge in [-0.2, -0.15) is 0 Å². The molecular weight excluding hydrogens is 298 g/mol. The molecular formula is C18H20F2N2O. The molecule has 0 heterocycles. The molecule has 0 fully saturated rings. The lowest BCUT2D eigenvalue weighted by atomic mass is 10.1. The number of anilines is 3. The third-order valence-corrected chi connectivity index (χ3v) is 3.56. The normalized spacial score (nSPS) is 11.0. The SMILES string of the molecule is CC=Cc1cc(OC)c(N)c(Nc2ccc(CC)cc2F)c1F. The van der Waals surface area contributed by atoms with E-state index < -0.39 is 11.6 Å². The number of nitrogens with two attached hydrogens (primary N) is 1. The fraction of sp³-hybridized carbons (Fsp3) is 0.222. The number of aryl methyl sites for hydroxylation is 1. The van der Waals surface area contributed by atoms with Crippen LogP contribution in [0.25, 0.3) is 6.08 Å². The summed E-state index contributed by atoms with van der Waals surface area (Å²) in [5.74, 6) is -0.688. The molecule has 0 bridgehead atoms. The van der Waals surface area contributed by atoms with Crippen LogP contribution in [0, 0.1) is 11.6 Å². The summed E-state index contributed by atoms with van der Waals surface area (Å²) in [7, 11) is 1.45. The zero-order valence-electron chi connectivity index (χ0n) is 13.4. The highest BCUT2D eigenvalue weighted by atomic mass is 19.1. The molecule has 0 aromatic heterocycles. The topological polar surface area (TPSA) is 47.3 Å². The van der Waals surface area contributed by atoms with E-state index in [1.807, 2.05) is 6.92 Å². The van der Waals surface area contributed by atoms with Crippen LogP contribution < -0.4 is 15.8 Å². The summed E-state index contributed by atoms with van der Waals surface area (Å²) in [6.07, 6.45) is 4.02. The summed E-state index contributed by atoms with van der Waals surface area (Å²) >= 11 is 0. The molecule has 0 aliphatic rings. The van der Waals surface area contributed by atoms with Gasteiger partial charge in [0.05, 0.1) is 12.8 Å². The van der Waals surface area contributed by atoms with Gasteiger partial charge in [-0.15, -0.1) is 0 Å². The minimum absolute atomic E-state index is 0.000554. The lowest BCUT2D eigenvalue weighted by molar-refractivity contribution is 0.416. The van der Waals surface area contributed by atoms with Crippen LogP contribution in [0.15, 0.2) is 30.3 Å². The first-order chi connectivity index (χ1) is 11.0. The molecule has 0 aliphatic heterocycles. The number of nitrogen functional groups attached to an aromatic ring is 1. The number of methoxy groups -OCH3 is 1. The predicted molar refractivity (Wildman–Crippen MR) is 91.1 cm³/mol. The standard InChI is InChI=1S/C18H20F2N2O/c1-4-6-12-10-15(23-3)17(21)18(16(12)20)22-14-8-7-11(5-2)9-13(14)19/h4,6-10,22H,5,21H2,1-3H3. The molecule has 0 spiro atoms. The Morgan fingerprint density at radius 3 is 2.57 bits per heavy atom. The van der Waals surface area contributed by atoms with E-state index in [1.165, 1.54) is 19.2 Å². The first-order valence-electron chi connectivity index (χ1n) is 7.35. The van der Waals surface area contributed by atoms with Crippen LogP contribution >= 0.6 is 0 Å². The fourth-order valence-corrected chi connectivity index (χ4v) is 2.27. The summed E-state index contributed by atoms with van der Waals surface area (Å²) in [5, 5.41) is 2.74. The van der Waals surface area contributed by atoms with Crippen molar-refractivity contribution < 1.29 is 13.5 Å². The molecule has 2 rings (SSSR count). The van der Waals surface area contributed by atoms with E-state index in [4.69, 9.17) is 10.5 Å². The van der Waals surface area contributed by atoms with Gasteiger partial charge in [-0.05, 0) is 37.1 Å². The molecule has 122 valence electrons. The van der Waals surface area contributed by atoms with Gasteiger partial charge in [0.25, 0.3) is 0 Å². The van der Waals surface area contributed by atoms with Crippen molar-refractivity contribution in [1.82, 2.24) is 0 Å². The zero-order valence-corrected chi connectivity index (χ0v) is 13.4. The highest BCUT2D eigenvalue weighted by Gasteiger charge is 2.17. The maximum atomic E-state index is 14.6. The Bertz CT molecular complexity index is 742. The number of hydrogen-bond donors (Lipinski definition) is 2. The number of benzene rings is 2. The summed E-state index contributed by atoms with van der Waals surface area (Å²) in [5.41, 5.74) is 7.37. The van der Waals surface area contributed by atoms with Crippen molar-refractivity contribution in [2.45, 2.75) is 20.3 Å². The van der Waals surface area contributed by atoms with Gasteiger partial charge < -0.3 is 15.8 Å². The average molecular weight is 318 g/mol. The van der Waals surface area contributed by atoms with Crippen molar-refractivity contribution in [3.8, 4) is 5.75 Å². The van der Waals surface area contributed by atoms with E-state index in [9.17, 15) is 8.78 Å². The van der Waals surface area contributed by atoms with Gasteiger partial charge in [-0.1, -0.05) is 25.1 Å². The van der Waals surface area contributed by atoms with E-state index in [0.29, 0.717) is 11.3 Å². The van der Waals surface area contributed by atoms with Crippen molar-refractivity contribution >= 4 is 23.1 Å². The van der Waals surface area contributed by atoms with E-state index in [2.05, 4.69) is 5.32 Å². The summed E-state index contributed by atoms with van der Waals surface area (Å²) in [4.78, 5) is 0. The van der Waals surface area contributed by atoms with Gasteiger partial charge in [0, 0.05) is 5.56 Å². The lowest BCUT2D eigenvalue weighted by Gasteiger charge is -2.16. The third-order valence-electron chi connectivity index (χ3n) is 3.56. The molecule has 0 atom stereocenters. The van der Waals surface area contributed by atoms with Crippen LogP contribution in [0.5, 0.6) is 5.75 Å². The van der Waals surface area contributed by atoms with Crippen LogP contribution in [0.4, 0.5) is 25.8 Å². The average Bonchev–Trinajstić information content (AvgIpc) is 2.55. The van der Waals surface area contributed by atoms with E-state index >= 15 is 0 Å². The van der Waals surface area contributed by atoms with Crippen LogP contribution in [0.1, 0.15) is 25.0 Å². The predicted octanol–water partition coefficient (Wildman–Crippen LogP) is 4.89. The molecule has 23 heavy (non-hydrogen) atoms. The van der Waals surface area contributed by atoms with Crippen molar-refractivity contribution in [2.75, 3.05) is 18.2 Å². The summed E-state index contributed by atoms with van der Waals surface area (Å²) in [6, 6.07) is 6.28. The van der Waals surface area contributed by atoms with Crippen LogP contribution in [-0.4, -0.2) is 7.11 Å². The Morgan fingerprint density at radius 1 is 1.26 bits per heavy atom. The minimum Gasteiger partial charge on any atom is -0.494 e. The highest BCUT2D eigenvalue weighted by Crippen LogP contribution is 2.37. The van der Waals surface area contributed by atoms with Crippen molar-refractivity contribution in [3.05, 3.63) is 53.1 Å². The smallest absolute Gasteiger partial charge is 0.156 e. The number of allylic oxidation sites excluding steroid dienone is 1. The molecule has 2 aromatic rings. The molecule has 0 aliphatic carbocycles. The third kappa shape index (κ3) is 3.44. The second-order valence-electron chi connectivity index (χ2n) is 5.06. The molecule has 0 radical (unpaired) electrons. The molecule has 0 unspecified atom stereocenters. The maximum absolute atomic E-state index is 14.6. The monoisotopic (exact) mass is 318 g/mol. The maximum Gasteiger partial charge on any atom is 0.156 e. The quantitative estimate of drug-likeness (QED) is 0.771. The molecule has 2 aromatic carbocycles. The van der Waals surface area contributed by atoms with Crippen LogP contribution in [-0.2, 0) is 6.42 Å². The fourth-order valence-electron chi connectivity index (χ4n) is 2.27. The number of halogens is 2. The largest absolute Gasteiger partial charge is 0.494 e. The second-order valence-corrected chi connectivity index (χ2v) is 5.06. The molecule has 0 amide bonds. The Kier molecular flexibility index (Phi) is 5.21. The second kappa shape index (κ2) is 7.13. The van der Waals surface area contributed by atoms with E-state index in [-0.39, 0.29) is 17.1 Å². The molecule has 0 saturated heterocycles. The van der Waals surface area contributed by atoms with Gasteiger partial charge in [-0.3, -0.25) is 0 Å². The Morgan fingerprint density at radius 2 is 2.00 bits per heavy atom. The number of ether oxygens (including phenoxy) is 1. The summed E-state index contributed by atoms with van der Waals surface area (Å²) in [6.45, 7) is 3.71. The Labute approximate surface area is 134 Å². The Balaban J connectivity index is 2.52. The van der Waals surface area contributed by atoms with Crippen LogP contribution in [0.3, 0.4) is 0 Å². The van der Waals surface area contributed by atoms with Gasteiger partial charge >= 0.3 is 0 Å². The molecule has 3 N–H and O–H groups in total. The highest BCUT2D eigenvalue weighted by molar-refractivity contribution is 5.81. The zero-order chi connectivity index (χ0) is 17.0. The van der Waals surface area contributed by atoms with Gasteiger partial charge in [0.15, 0.2) is 5.82 Å². The molecule has 0 saturated carbocycles. The van der Waals surface area contributed by atoms with Crippen molar-refractivity contribution in [1.29, 1.82) is 0 Å². The van der Waals surface area contributed by atoms with Gasteiger partial charge in [0.1, 0.15) is 22.9 Å². The van der Waals surface area contributed by atoms with Gasteiger partial charge in [0.2, 0.25) is 0 Å². The Hall–Kier alpha value is -2.56. The number of hydrogen-bond acceptors (Lipinski definition) is 3. The first-order valence-corrected chi connectivity index (χ1v) is 7.35. The van der Waals surface area contributed by atoms with Gasteiger partial charge in [-0.25, -0.2) is 8.78 Å². The van der Waals surface area contributed by atoms with Crippen molar-refractivity contribution in [3.63, 3.8) is 0 Å². The lowest BCUT2D eigenvalue weighted by Crippen LogP contribution is -2.05. The molecule has 5 heteroatoms. The van der Waals surface area contributed by atoms with E-state index in [1.54, 1.807) is 31.2 Å². The van der Waals surface area contributed by atoms with E-state index in [0.717, 1.165) is 12.0 Å². The number of nitrogens with one attached hydrogen (secondary N) is 1. The first kappa shape index (κ1) is 16.8. The minimum atomic E-state index is -0.555. The van der Waals surface area contributed by atoms with Crippen LogP contribution in [0.2, 0.25) is 0 Å². The molecule has 3 nitrogen and oxygen atoms in total. The van der Waals surface area contributed by atoms with Crippen molar-refractivity contribution in [2.24, 2.45) is 0 Å². The summed E-state index contributed by atoms with van der Waals surface area (Å²) < 4.78 is 33.9.